The van der Waals surface area contributed by atoms with E-state index in [0.29, 0.717) is 0 Å². The number of nitrogens with one attached hydrogen (secondary N) is 2. The predicted octanol–water partition coefficient (Wildman–Crippen LogP) is -1.63. The highest BCUT2D eigenvalue weighted by Gasteiger charge is 1.98. The molecule has 1 heterocycles. The Bertz CT molecular complexity index is 69.9. The van der Waals surface area contributed by atoms with Gasteiger partial charge < -0.3 is 5.21 Å². The van der Waals surface area contributed by atoms with Gasteiger partial charge in [0.2, 0.25) is 0 Å². The van der Waals surface area contributed by atoms with Crippen LogP contribution in [0.2, 0.25) is 0 Å². The van der Waals surface area contributed by atoms with Crippen LogP contribution in [0.1, 0.15) is 0 Å². The molecule has 0 fully saturated rings. The van der Waals surface area contributed by atoms with E-state index < -0.39 is 0 Å². The third kappa shape index (κ3) is 0.447. The molecule has 1 rings (SSSR count). The zero-order chi connectivity index (χ0) is 4.41. The van der Waals surface area contributed by atoms with E-state index in [1.807, 2.05) is 0 Å². The Morgan fingerprint density at radius 1 is 1.83 bits per heavy atom. The van der Waals surface area contributed by atoms with E-state index in [1.165, 1.54) is 6.67 Å². The van der Waals surface area contributed by atoms with E-state index in [2.05, 4.69) is 15.9 Å². The summed E-state index contributed by atoms with van der Waals surface area (Å²) in [5.41, 5.74) is 2.26. The average molecular weight is 87.1 g/mol. The van der Waals surface area contributed by atoms with Crippen molar-refractivity contribution >= 4 is 0 Å². The lowest BCUT2D eigenvalue weighted by Gasteiger charge is -1.99. The van der Waals surface area contributed by atoms with Gasteiger partial charge in [-0.15, -0.1) is 0 Å². The molecule has 0 saturated heterocycles. The molecule has 0 saturated carbocycles. The van der Waals surface area contributed by atoms with Crippen molar-refractivity contribution < 1.29 is 5.17 Å². The van der Waals surface area contributed by atoms with Crippen LogP contribution in [0.15, 0.2) is 10.4 Å². The van der Waals surface area contributed by atoms with Crippen LogP contribution in [0, 0.1) is 11.9 Å². The zero-order valence-electron chi connectivity index (χ0n) is 2.88. The smallest absolute Gasteiger partial charge is 0.280 e. The fourth-order valence-electron chi connectivity index (χ4n) is 0.191. The lowest BCUT2D eigenvalue weighted by molar-refractivity contribution is -0.820. The van der Waals surface area contributed by atoms with Crippen LogP contribution in [-0.4, -0.2) is 0 Å². The van der Waals surface area contributed by atoms with Gasteiger partial charge in [0.1, 0.15) is 0 Å². The van der Waals surface area contributed by atoms with Gasteiger partial charge in [0.15, 0.2) is 0 Å². The molecule has 1 unspecified atom stereocenters. The fourth-order valence-corrected chi connectivity index (χ4v) is 0.191. The quantitative estimate of drug-likeness (QED) is 0.348. The second kappa shape index (κ2) is 1.19. The first-order chi connectivity index (χ1) is 2.89. The van der Waals surface area contributed by atoms with Crippen molar-refractivity contribution in [2.45, 2.75) is 0 Å². The number of nitrogens with zero attached hydrogens (tertiary/aromatic N) is 2. The molecule has 0 bridgehead atoms. The lowest BCUT2D eigenvalue weighted by Crippen LogP contribution is -2.98. The molecule has 1 aliphatic rings. The molecule has 1 atom stereocenters. The van der Waals surface area contributed by atoms with Crippen molar-refractivity contribution in [2.24, 2.45) is 10.4 Å². The number of hydrogen-bond acceptors (Lipinski definition) is 4. The lowest BCUT2D eigenvalue weighted by atomic mass is 11.2. The van der Waals surface area contributed by atoms with Gasteiger partial charge in [-0.05, 0) is 5.22 Å². The third-order valence-electron chi connectivity index (χ3n) is 0.394. The summed E-state index contributed by atoms with van der Waals surface area (Å²) in [5.74, 6) is 0. The Balaban J connectivity index is 2.38. The van der Waals surface area contributed by atoms with Crippen LogP contribution in [-0.2, 0) is 0 Å². The molecule has 0 aromatic heterocycles. The first kappa shape index (κ1) is 3.51. The summed E-state index contributed by atoms with van der Waals surface area (Å²) in [6.07, 6.45) is 0. The molecule has 33 valence electrons. The van der Waals surface area contributed by atoms with E-state index in [4.69, 9.17) is 0 Å². The maximum Gasteiger partial charge on any atom is 0.280 e. The summed E-state index contributed by atoms with van der Waals surface area (Å²) >= 11 is 0. The molecular formula is CH3N4O. The highest BCUT2D eigenvalue weighted by Crippen LogP contribution is 1.64. The molecule has 0 spiro atoms. The van der Waals surface area contributed by atoms with Gasteiger partial charge in [-0.3, -0.25) is 0 Å². The summed E-state index contributed by atoms with van der Waals surface area (Å²) in [6, 6.07) is 0. The van der Waals surface area contributed by atoms with Crippen molar-refractivity contribution in [3.05, 3.63) is 11.9 Å². The SMILES string of the molecule is [O-][NH+]1[CH]NN=N1. The van der Waals surface area contributed by atoms with Crippen LogP contribution in [0.3, 0.4) is 0 Å². The largest absolute Gasteiger partial charge is 0.603 e. The molecule has 0 amide bonds. The highest BCUT2D eigenvalue weighted by atomic mass is 16.5. The van der Waals surface area contributed by atoms with Crippen molar-refractivity contribution in [1.82, 2.24) is 5.43 Å². The Kier molecular flexibility index (Phi) is 0.697. The number of rotatable bonds is 0. The molecule has 5 nitrogen and oxygen atoms in total. The van der Waals surface area contributed by atoms with Gasteiger partial charge in [0, 0.05) is 5.22 Å². The third-order valence-corrected chi connectivity index (χ3v) is 0.394. The average Bonchev–Trinajstić information content (AvgIpc) is 1.86. The number of hydrogen-bond donors (Lipinski definition) is 2. The second-order valence-electron chi connectivity index (χ2n) is 0.812. The summed E-state index contributed by atoms with van der Waals surface area (Å²) in [7, 11) is 0. The minimum Gasteiger partial charge on any atom is -0.603 e. The van der Waals surface area contributed by atoms with Crippen molar-refractivity contribution in [2.75, 3.05) is 0 Å². The second-order valence-corrected chi connectivity index (χ2v) is 0.812. The van der Waals surface area contributed by atoms with Gasteiger partial charge in [0.25, 0.3) is 6.67 Å². The maximum absolute atomic E-state index is 9.86. The molecule has 0 aromatic rings. The monoisotopic (exact) mass is 87.0 g/mol. The van der Waals surface area contributed by atoms with E-state index in [9.17, 15) is 5.21 Å². The summed E-state index contributed by atoms with van der Waals surface area (Å²) in [6.45, 7) is 1.18. The van der Waals surface area contributed by atoms with Crippen LogP contribution in [0.5, 0.6) is 0 Å². The van der Waals surface area contributed by atoms with E-state index in [-0.39, 0.29) is 5.17 Å². The van der Waals surface area contributed by atoms with E-state index in [1.54, 1.807) is 0 Å². The molecule has 6 heavy (non-hydrogen) atoms. The molecule has 1 aliphatic heterocycles. The molecule has 0 aliphatic carbocycles. The van der Waals surface area contributed by atoms with Crippen LogP contribution in [0.4, 0.5) is 0 Å². The topological polar surface area (TPSA) is 64.2 Å². The van der Waals surface area contributed by atoms with Crippen LogP contribution in [0.25, 0.3) is 0 Å². The maximum atomic E-state index is 9.86. The standard InChI is InChI=1S/CH3N4O/c6-5-1-2-3-4-5/h1,5H,(H,2,4). The van der Waals surface area contributed by atoms with Crippen LogP contribution < -0.4 is 10.6 Å². The van der Waals surface area contributed by atoms with Gasteiger partial charge in [-0.1, -0.05) is 0 Å². The van der Waals surface area contributed by atoms with Gasteiger partial charge in [0.05, 0.1) is 0 Å². The summed E-state index contributed by atoms with van der Waals surface area (Å²) in [4.78, 5) is 0. The van der Waals surface area contributed by atoms with Gasteiger partial charge >= 0.3 is 0 Å². The molecule has 0 aromatic carbocycles. The molecule has 5 heteroatoms. The molecule has 2 N–H and O–H groups in total. The molecular weight excluding hydrogens is 84.0 g/mol. The normalized spacial score (nSPS) is 30.5. The van der Waals surface area contributed by atoms with Gasteiger partial charge in [-0.2, -0.15) is 5.17 Å². The number of quaternary nitrogens is 1. The summed E-state index contributed by atoms with van der Waals surface area (Å²) < 4.78 is 0. The van der Waals surface area contributed by atoms with Crippen molar-refractivity contribution in [3.63, 3.8) is 0 Å². The minimum atomic E-state index is -0.324. The zero-order valence-corrected chi connectivity index (χ0v) is 2.88. The van der Waals surface area contributed by atoms with E-state index in [0.717, 1.165) is 0 Å². The van der Waals surface area contributed by atoms with Crippen LogP contribution >= 0.6 is 0 Å². The van der Waals surface area contributed by atoms with Crippen molar-refractivity contribution in [1.29, 1.82) is 0 Å². The Hall–Kier alpha value is -0.680. The first-order valence-corrected chi connectivity index (χ1v) is 1.43. The van der Waals surface area contributed by atoms with E-state index >= 15 is 0 Å². The Labute approximate surface area is 34.2 Å². The highest BCUT2D eigenvalue weighted by molar-refractivity contribution is 4.36. The molecule has 1 radical (unpaired) electrons. The Morgan fingerprint density at radius 3 is 2.83 bits per heavy atom. The minimum absolute atomic E-state index is 0.324. The Morgan fingerprint density at radius 2 is 2.67 bits per heavy atom. The predicted molar refractivity (Wildman–Crippen MR) is 16.6 cm³/mol. The summed E-state index contributed by atoms with van der Waals surface area (Å²) in [5, 5.41) is 15.7. The fraction of sp³-hybridized carbons (Fsp3) is 0. The number of hydroxylamine groups is 1. The first-order valence-electron chi connectivity index (χ1n) is 1.43. The van der Waals surface area contributed by atoms with Gasteiger partial charge in [-0.25, -0.2) is 5.43 Å². The van der Waals surface area contributed by atoms with Crippen molar-refractivity contribution in [3.8, 4) is 0 Å².